The lowest BCUT2D eigenvalue weighted by Crippen LogP contribution is -2.56. The molecule has 2 fully saturated rings. The summed E-state index contributed by atoms with van der Waals surface area (Å²) in [4.78, 5) is 44.6. The standard InChI is InChI=1S/C29H36N8O3/c1-20(38)34-12-7-23(8-13-34)31-27-16-24(32-29(33-27)37-15-10-30-19-37)28(40)36-14-9-25(26(39)18-36)35-11-6-21-4-2-3-5-22(21)17-35/h2-5,10,15-16,19,23,25-26,39H,6-9,11-14,17-18H2,1H3,(H,31,32,33). The molecule has 0 radical (unpaired) electrons. The third-order valence-corrected chi connectivity index (χ3v) is 8.42. The molecule has 2 N–H and O–H groups in total. The monoisotopic (exact) mass is 544 g/mol. The number of likely N-dealkylation sites (tertiary alicyclic amines) is 2. The van der Waals surface area contributed by atoms with Crippen molar-refractivity contribution in [1.29, 1.82) is 0 Å². The normalized spacial score (nSPS) is 22.1. The fourth-order valence-corrected chi connectivity index (χ4v) is 6.15. The van der Waals surface area contributed by atoms with Crippen LogP contribution in [0.25, 0.3) is 5.95 Å². The van der Waals surface area contributed by atoms with Crippen molar-refractivity contribution in [3.63, 3.8) is 0 Å². The van der Waals surface area contributed by atoms with E-state index < -0.39 is 6.10 Å². The lowest BCUT2D eigenvalue weighted by atomic mass is 9.94. The Morgan fingerprint density at radius 2 is 1.77 bits per heavy atom. The number of amides is 2. The highest BCUT2D eigenvalue weighted by Gasteiger charge is 2.36. The van der Waals surface area contributed by atoms with Gasteiger partial charge in [0.2, 0.25) is 11.9 Å². The number of piperidine rings is 2. The van der Waals surface area contributed by atoms with Gasteiger partial charge in [0.15, 0.2) is 0 Å². The van der Waals surface area contributed by atoms with E-state index in [0.29, 0.717) is 37.8 Å². The minimum atomic E-state index is -0.637. The molecule has 0 spiro atoms. The molecule has 2 aromatic heterocycles. The highest BCUT2D eigenvalue weighted by Crippen LogP contribution is 2.26. The number of aliphatic hydroxyl groups excluding tert-OH is 1. The number of carbonyl (C=O) groups excluding carboxylic acids is 2. The summed E-state index contributed by atoms with van der Waals surface area (Å²) in [7, 11) is 0. The zero-order chi connectivity index (χ0) is 27.6. The van der Waals surface area contributed by atoms with Crippen LogP contribution in [0.3, 0.4) is 0 Å². The molecule has 11 nitrogen and oxygen atoms in total. The number of hydrogen-bond donors (Lipinski definition) is 2. The van der Waals surface area contributed by atoms with Gasteiger partial charge in [0.05, 0.1) is 6.10 Å². The van der Waals surface area contributed by atoms with Crippen LogP contribution in [-0.4, -0.2) is 102 Å². The van der Waals surface area contributed by atoms with Gasteiger partial charge in [-0.2, -0.15) is 4.98 Å². The minimum absolute atomic E-state index is 0.0161. The zero-order valence-corrected chi connectivity index (χ0v) is 22.8. The van der Waals surface area contributed by atoms with Crippen molar-refractivity contribution in [2.24, 2.45) is 0 Å². The molecule has 6 rings (SSSR count). The third kappa shape index (κ3) is 5.57. The third-order valence-electron chi connectivity index (χ3n) is 8.42. The number of hydrogen-bond acceptors (Lipinski definition) is 8. The van der Waals surface area contributed by atoms with Crippen LogP contribution in [0.4, 0.5) is 5.82 Å². The predicted molar refractivity (Wildman–Crippen MR) is 149 cm³/mol. The lowest BCUT2D eigenvalue weighted by molar-refractivity contribution is -0.129. The number of fused-ring (bicyclic) bond motifs is 1. The van der Waals surface area contributed by atoms with Crippen LogP contribution in [0.1, 0.15) is 47.8 Å². The number of nitrogens with one attached hydrogen (secondary N) is 1. The largest absolute Gasteiger partial charge is 0.390 e. The van der Waals surface area contributed by atoms with E-state index in [4.69, 9.17) is 0 Å². The smallest absolute Gasteiger partial charge is 0.272 e. The van der Waals surface area contributed by atoms with Gasteiger partial charge in [-0.3, -0.25) is 19.1 Å². The first-order chi connectivity index (χ1) is 19.4. The fourth-order valence-electron chi connectivity index (χ4n) is 6.15. The molecule has 2 atom stereocenters. The van der Waals surface area contributed by atoms with E-state index >= 15 is 0 Å². The summed E-state index contributed by atoms with van der Waals surface area (Å²) in [6.07, 6.45) is 7.62. The topological polar surface area (TPSA) is 120 Å². The molecule has 2 saturated heterocycles. The number of nitrogens with zero attached hydrogens (tertiary/aromatic N) is 7. The van der Waals surface area contributed by atoms with Gasteiger partial charge in [-0.15, -0.1) is 0 Å². The van der Waals surface area contributed by atoms with Crippen molar-refractivity contribution in [2.45, 2.75) is 57.3 Å². The van der Waals surface area contributed by atoms with Crippen LogP contribution in [0.2, 0.25) is 0 Å². The lowest BCUT2D eigenvalue weighted by Gasteiger charge is -2.43. The Balaban J connectivity index is 1.15. The van der Waals surface area contributed by atoms with E-state index in [1.807, 2.05) is 4.90 Å². The maximum Gasteiger partial charge on any atom is 0.272 e. The number of benzene rings is 1. The van der Waals surface area contributed by atoms with E-state index in [9.17, 15) is 14.7 Å². The second kappa shape index (κ2) is 11.3. The van der Waals surface area contributed by atoms with Crippen LogP contribution >= 0.6 is 0 Å². The first kappa shape index (κ1) is 26.4. The number of aromatic nitrogens is 4. The van der Waals surface area contributed by atoms with Crippen molar-refractivity contribution in [2.75, 3.05) is 38.0 Å². The van der Waals surface area contributed by atoms with Crippen molar-refractivity contribution >= 4 is 17.6 Å². The molecule has 0 saturated carbocycles. The van der Waals surface area contributed by atoms with E-state index in [1.165, 1.54) is 11.1 Å². The second-order valence-electron chi connectivity index (χ2n) is 11.0. The molecule has 1 aromatic carbocycles. The van der Waals surface area contributed by atoms with Crippen LogP contribution in [0, 0.1) is 0 Å². The summed E-state index contributed by atoms with van der Waals surface area (Å²) in [5.74, 6) is 0.784. The van der Waals surface area contributed by atoms with Gasteiger partial charge in [-0.05, 0) is 36.8 Å². The number of imidazole rings is 1. The summed E-state index contributed by atoms with van der Waals surface area (Å²) in [6, 6.07) is 10.3. The van der Waals surface area contributed by atoms with Gasteiger partial charge < -0.3 is 20.2 Å². The average molecular weight is 545 g/mol. The number of rotatable bonds is 5. The number of anilines is 1. The van der Waals surface area contributed by atoms with Crippen LogP contribution < -0.4 is 5.32 Å². The Kier molecular flexibility index (Phi) is 7.48. The highest BCUT2D eigenvalue weighted by atomic mass is 16.3. The molecular weight excluding hydrogens is 508 g/mol. The predicted octanol–water partition coefficient (Wildman–Crippen LogP) is 1.72. The van der Waals surface area contributed by atoms with Gasteiger partial charge in [-0.25, -0.2) is 9.97 Å². The molecule has 40 heavy (non-hydrogen) atoms. The first-order valence-electron chi connectivity index (χ1n) is 14.1. The molecule has 210 valence electrons. The summed E-state index contributed by atoms with van der Waals surface area (Å²) < 4.78 is 1.68. The number of aliphatic hydroxyl groups is 1. The van der Waals surface area contributed by atoms with Crippen LogP contribution in [-0.2, 0) is 17.8 Å². The fraction of sp³-hybridized carbons (Fsp3) is 0.483. The molecule has 11 heteroatoms. The number of β-amino-alcohol motifs (C(OH)–C–C–N with tert-alkyl or cyclic N) is 1. The van der Waals surface area contributed by atoms with Gasteiger partial charge in [-0.1, -0.05) is 24.3 Å². The maximum absolute atomic E-state index is 13.7. The van der Waals surface area contributed by atoms with Gasteiger partial charge >= 0.3 is 0 Å². The van der Waals surface area contributed by atoms with E-state index in [1.54, 1.807) is 41.2 Å². The molecule has 3 aliphatic heterocycles. The average Bonchev–Trinajstić information content (AvgIpc) is 3.52. The molecule has 5 heterocycles. The molecule has 2 amide bonds. The Labute approximate surface area is 233 Å². The van der Waals surface area contributed by atoms with Crippen LogP contribution in [0.15, 0.2) is 49.1 Å². The summed E-state index contributed by atoms with van der Waals surface area (Å²) in [5, 5.41) is 14.6. The van der Waals surface area contributed by atoms with Gasteiger partial charge in [0.25, 0.3) is 5.91 Å². The molecule has 2 unspecified atom stereocenters. The molecule has 0 aliphatic carbocycles. The summed E-state index contributed by atoms with van der Waals surface area (Å²) in [5.41, 5.74) is 2.98. The number of carbonyl (C=O) groups is 2. The minimum Gasteiger partial charge on any atom is -0.390 e. The van der Waals surface area contributed by atoms with Crippen molar-refractivity contribution < 1.29 is 14.7 Å². The molecule has 0 bridgehead atoms. The first-order valence-corrected chi connectivity index (χ1v) is 14.1. The Morgan fingerprint density at radius 1 is 1.00 bits per heavy atom. The molecular formula is C29H36N8O3. The Morgan fingerprint density at radius 3 is 2.50 bits per heavy atom. The zero-order valence-electron chi connectivity index (χ0n) is 22.8. The van der Waals surface area contributed by atoms with E-state index in [-0.39, 0.29) is 36.1 Å². The van der Waals surface area contributed by atoms with Crippen molar-refractivity contribution in [3.8, 4) is 5.95 Å². The van der Waals surface area contributed by atoms with Gasteiger partial charge in [0.1, 0.15) is 17.8 Å². The quantitative estimate of drug-likeness (QED) is 0.498. The van der Waals surface area contributed by atoms with E-state index in [2.05, 4.69) is 49.4 Å². The van der Waals surface area contributed by atoms with Crippen molar-refractivity contribution in [3.05, 3.63) is 65.9 Å². The van der Waals surface area contributed by atoms with Gasteiger partial charge in [0, 0.05) is 76.7 Å². The van der Waals surface area contributed by atoms with Crippen LogP contribution in [0.5, 0.6) is 0 Å². The molecule has 3 aromatic rings. The second-order valence-corrected chi connectivity index (χ2v) is 11.0. The molecule has 3 aliphatic rings. The maximum atomic E-state index is 13.7. The Bertz CT molecular complexity index is 1360. The SMILES string of the molecule is CC(=O)N1CCC(Nc2cc(C(=O)N3CCC(N4CCc5ccccc5C4)C(O)C3)nc(-n3ccnc3)n2)CC1. The summed E-state index contributed by atoms with van der Waals surface area (Å²) in [6.45, 7) is 5.52. The van der Waals surface area contributed by atoms with Crippen molar-refractivity contribution in [1.82, 2.24) is 34.2 Å². The highest BCUT2D eigenvalue weighted by molar-refractivity contribution is 5.93. The summed E-state index contributed by atoms with van der Waals surface area (Å²) >= 11 is 0. The Hall–Kier alpha value is -3.83. The van der Waals surface area contributed by atoms with E-state index in [0.717, 1.165) is 32.4 Å².